The molecule has 3 aromatic rings. The molecule has 0 unspecified atom stereocenters. The van der Waals surface area contributed by atoms with Crippen LogP contribution in [0.1, 0.15) is 33.6 Å². The van der Waals surface area contributed by atoms with Gasteiger partial charge in [-0.15, -0.1) is 0 Å². The first-order valence-electron chi connectivity index (χ1n) is 9.53. The fourth-order valence-electron chi connectivity index (χ4n) is 3.09. The van der Waals surface area contributed by atoms with Gasteiger partial charge >= 0.3 is 5.97 Å². The minimum atomic E-state index is -0.391. The summed E-state index contributed by atoms with van der Waals surface area (Å²) in [7, 11) is 1.61. The van der Waals surface area contributed by atoms with Crippen molar-refractivity contribution in [3.05, 3.63) is 88.2 Å². The van der Waals surface area contributed by atoms with Crippen LogP contribution in [-0.4, -0.2) is 22.9 Å². The molecule has 0 bridgehead atoms. The van der Waals surface area contributed by atoms with Crippen LogP contribution >= 0.6 is 0 Å². The van der Waals surface area contributed by atoms with E-state index in [4.69, 9.17) is 9.47 Å². The zero-order valence-electron chi connectivity index (χ0n) is 17.3. The monoisotopic (exact) mass is 390 g/mol. The number of aromatic nitrogens is 2. The predicted molar refractivity (Wildman–Crippen MR) is 114 cm³/mol. The van der Waals surface area contributed by atoms with Crippen molar-refractivity contribution < 1.29 is 14.3 Å². The summed E-state index contributed by atoms with van der Waals surface area (Å²) in [5.74, 6) is 0.347. The van der Waals surface area contributed by atoms with Gasteiger partial charge in [-0.3, -0.25) is 4.68 Å². The van der Waals surface area contributed by atoms with E-state index in [1.165, 1.54) is 17.2 Å². The van der Waals surface area contributed by atoms with Gasteiger partial charge in [-0.25, -0.2) is 4.79 Å². The number of nitrogens with zero attached hydrogens (tertiary/aromatic N) is 2. The summed E-state index contributed by atoms with van der Waals surface area (Å²) in [6.45, 7) is 6.92. The molecule has 0 saturated heterocycles. The molecule has 0 radical (unpaired) electrons. The average molecular weight is 390 g/mol. The second kappa shape index (κ2) is 9.24. The Kier molecular flexibility index (Phi) is 6.50. The van der Waals surface area contributed by atoms with Crippen molar-refractivity contribution in [2.24, 2.45) is 0 Å². The maximum Gasteiger partial charge on any atom is 0.331 e. The van der Waals surface area contributed by atoms with Gasteiger partial charge in [0.2, 0.25) is 0 Å². The Bertz CT molecular complexity index is 1020. The summed E-state index contributed by atoms with van der Waals surface area (Å²) < 4.78 is 12.5. The molecular weight excluding hydrogens is 364 g/mol. The first-order chi connectivity index (χ1) is 14.0. The van der Waals surface area contributed by atoms with E-state index in [1.54, 1.807) is 13.2 Å². The van der Waals surface area contributed by atoms with E-state index in [9.17, 15) is 4.79 Å². The maximum atomic E-state index is 12.1. The molecule has 150 valence electrons. The van der Waals surface area contributed by atoms with E-state index in [2.05, 4.69) is 36.3 Å². The maximum absolute atomic E-state index is 12.1. The lowest BCUT2D eigenvalue weighted by Crippen LogP contribution is -2.04. The molecule has 2 aromatic carbocycles. The number of carbonyl (C=O) groups excluding carboxylic acids is 1. The molecule has 1 heterocycles. The van der Waals surface area contributed by atoms with Gasteiger partial charge in [0.1, 0.15) is 12.4 Å². The molecule has 5 heteroatoms. The predicted octanol–water partition coefficient (Wildman–Crippen LogP) is 4.62. The molecule has 0 aliphatic rings. The molecule has 0 amide bonds. The highest BCUT2D eigenvalue weighted by Crippen LogP contribution is 2.17. The summed E-state index contributed by atoms with van der Waals surface area (Å²) in [6.07, 6.45) is 3.23. The molecule has 0 N–H and O–H groups in total. The number of benzene rings is 2. The van der Waals surface area contributed by atoms with Gasteiger partial charge in [-0.2, -0.15) is 5.10 Å². The van der Waals surface area contributed by atoms with Crippen molar-refractivity contribution >= 4 is 12.0 Å². The van der Waals surface area contributed by atoms with Crippen molar-refractivity contribution in [3.8, 4) is 5.75 Å². The van der Waals surface area contributed by atoms with Crippen LogP contribution in [0, 0.1) is 20.8 Å². The Morgan fingerprint density at radius 2 is 1.83 bits per heavy atom. The third-order valence-corrected chi connectivity index (χ3v) is 4.79. The smallest absolute Gasteiger partial charge is 0.331 e. The van der Waals surface area contributed by atoms with Crippen LogP contribution < -0.4 is 4.74 Å². The lowest BCUT2D eigenvalue weighted by Gasteiger charge is -2.06. The fraction of sp³-hybridized carbons (Fsp3) is 0.250. The van der Waals surface area contributed by atoms with Crippen molar-refractivity contribution in [1.29, 1.82) is 0 Å². The van der Waals surface area contributed by atoms with Crippen LogP contribution in [0.15, 0.2) is 54.6 Å². The number of aryl methyl sites for hydroxylation is 2. The number of carbonyl (C=O) groups is 1. The molecule has 0 atom stereocenters. The van der Waals surface area contributed by atoms with E-state index in [0.717, 1.165) is 28.3 Å². The number of ether oxygens (including phenoxy) is 2. The molecule has 1 aromatic heterocycles. The topological polar surface area (TPSA) is 53.4 Å². The molecule has 3 rings (SSSR count). The summed E-state index contributed by atoms with van der Waals surface area (Å²) in [4.78, 5) is 12.1. The molecule has 5 nitrogen and oxygen atoms in total. The second-order valence-corrected chi connectivity index (χ2v) is 7.02. The van der Waals surface area contributed by atoms with E-state index in [-0.39, 0.29) is 6.61 Å². The van der Waals surface area contributed by atoms with Crippen LogP contribution in [0.25, 0.3) is 6.08 Å². The zero-order valence-corrected chi connectivity index (χ0v) is 17.3. The Morgan fingerprint density at radius 3 is 2.55 bits per heavy atom. The van der Waals surface area contributed by atoms with E-state index in [1.807, 2.05) is 42.8 Å². The Morgan fingerprint density at radius 1 is 1.07 bits per heavy atom. The summed E-state index contributed by atoms with van der Waals surface area (Å²) in [5, 5.41) is 4.62. The van der Waals surface area contributed by atoms with Gasteiger partial charge in [0.05, 0.1) is 19.3 Å². The number of hydrogen-bond donors (Lipinski definition) is 0. The van der Waals surface area contributed by atoms with Gasteiger partial charge in [-0.1, -0.05) is 42.0 Å². The molecule has 0 saturated carbocycles. The quantitative estimate of drug-likeness (QED) is 0.436. The van der Waals surface area contributed by atoms with Crippen molar-refractivity contribution in [3.63, 3.8) is 0 Å². The van der Waals surface area contributed by atoms with Crippen molar-refractivity contribution in [1.82, 2.24) is 9.78 Å². The molecule has 0 aliphatic heterocycles. The van der Waals surface area contributed by atoms with Crippen LogP contribution in [0.4, 0.5) is 0 Å². The molecule has 29 heavy (non-hydrogen) atoms. The van der Waals surface area contributed by atoms with Crippen LogP contribution in [-0.2, 0) is 22.7 Å². The van der Waals surface area contributed by atoms with Gasteiger partial charge in [0, 0.05) is 17.3 Å². The van der Waals surface area contributed by atoms with E-state index >= 15 is 0 Å². The minimum absolute atomic E-state index is 0.199. The van der Waals surface area contributed by atoms with E-state index < -0.39 is 5.97 Å². The summed E-state index contributed by atoms with van der Waals surface area (Å²) >= 11 is 0. The number of esters is 1. The molecule has 0 aliphatic carbocycles. The van der Waals surface area contributed by atoms with Gasteiger partial charge in [-0.05, 0) is 50.1 Å². The number of methoxy groups -OCH3 is 1. The van der Waals surface area contributed by atoms with Crippen LogP contribution in [0.2, 0.25) is 0 Å². The van der Waals surface area contributed by atoms with Crippen LogP contribution in [0.5, 0.6) is 5.75 Å². The van der Waals surface area contributed by atoms with Crippen molar-refractivity contribution in [2.45, 2.75) is 33.9 Å². The van der Waals surface area contributed by atoms with Crippen molar-refractivity contribution in [2.75, 3.05) is 7.11 Å². The zero-order chi connectivity index (χ0) is 20.8. The average Bonchev–Trinajstić information content (AvgIpc) is 2.99. The molecule has 0 fully saturated rings. The first-order valence-corrected chi connectivity index (χ1v) is 9.53. The summed E-state index contributed by atoms with van der Waals surface area (Å²) in [6, 6.07) is 15.9. The second-order valence-electron chi connectivity index (χ2n) is 7.02. The van der Waals surface area contributed by atoms with Gasteiger partial charge in [0.15, 0.2) is 0 Å². The first kappa shape index (κ1) is 20.4. The highest BCUT2D eigenvalue weighted by molar-refractivity contribution is 5.87. The fourth-order valence-corrected chi connectivity index (χ4v) is 3.09. The lowest BCUT2D eigenvalue weighted by molar-refractivity contribution is -0.138. The minimum Gasteiger partial charge on any atom is -0.497 e. The largest absolute Gasteiger partial charge is 0.497 e. The summed E-state index contributed by atoms with van der Waals surface area (Å²) in [5.41, 5.74) is 6.14. The standard InChI is InChI=1S/C24H26N2O3/c1-17-8-10-20(11-9-17)15-26-19(3)23(18(2)25-26)12-13-24(27)29-16-21-6-5-7-22(14-21)28-4/h5-14H,15-16H2,1-4H3/b13-12+. The number of rotatable bonds is 7. The normalized spacial score (nSPS) is 11.0. The Balaban J connectivity index is 1.64. The van der Waals surface area contributed by atoms with Crippen LogP contribution in [0.3, 0.4) is 0 Å². The highest BCUT2D eigenvalue weighted by Gasteiger charge is 2.10. The highest BCUT2D eigenvalue weighted by atomic mass is 16.5. The Labute approximate surface area is 171 Å². The van der Waals surface area contributed by atoms with E-state index in [0.29, 0.717) is 6.54 Å². The third kappa shape index (κ3) is 5.35. The Hall–Kier alpha value is -3.34. The number of hydrogen-bond acceptors (Lipinski definition) is 4. The van der Waals surface area contributed by atoms with Gasteiger partial charge in [0.25, 0.3) is 0 Å². The lowest BCUT2D eigenvalue weighted by atomic mass is 10.1. The third-order valence-electron chi connectivity index (χ3n) is 4.79. The molecular formula is C24H26N2O3. The molecule has 0 spiro atoms. The SMILES string of the molecule is COc1cccc(COC(=O)/C=C/c2c(C)nn(Cc3ccc(C)cc3)c2C)c1. The van der Waals surface area contributed by atoms with Gasteiger partial charge < -0.3 is 9.47 Å².